The van der Waals surface area contributed by atoms with Crippen LogP contribution in [0.3, 0.4) is 0 Å². The SMILES string of the molecule is CC[C@@H]1C=C[C@H]2[C@@H](C(=O)N(CCCCCCO)[C@@H]2C(=O)Nc2ccccc2Cl)[C@@H]1C(=O)NC. The van der Waals surface area contributed by atoms with Crippen LogP contribution in [-0.2, 0) is 14.4 Å². The molecular formula is C25H34ClN3O4. The average Bonchev–Trinajstić information content (AvgIpc) is 3.10. The molecular weight excluding hydrogens is 442 g/mol. The molecule has 1 aliphatic heterocycles. The van der Waals surface area contributed by atoms with Gasteiger partial charge in [-0.25, -0.2) is 0 Å². The van der Waals surface area contributed by atoms with Crippen molar-refractivity contribution in [2.24, 2.45) is 23.7 Å². The van der Waals surface area contributed by atoms with Crippen molar-refractivity contribution in [2.45, 2.75) is 45.1 Å². The monoisotopic (exact) mass is 475 g/mol. The van der Waals surface area contributed by atoms with Crippen LogP contribution in [-0.4, -0.2) is 54.0 Å². The molecule has 1 aliphatic carbocycles. The summed E-state index contributed by atoms with van der Waals surface area (Å²) < 4.78 is 0. The Hall–Kier alpha value is -2.38. The average molecular weight is 476 g/mol. The number of para-hydroxylation sites is 1. The van der Waals surface area contributed by atoms with Crippen molar-refractivity contribution in [3.63, 3.8) is 0 Å². The first-order chi connectivity index (χ1) is 15.9. The third-order valence-corrected chi connectivity index (χ3v) is 7.17. The van der Waals surface area contributed by atoms with E-state index in [2.05, 4.69) is 10.6 Å². The molecule has 180 valence electrons. The summed E-state index contributed by atoms with van der Waals surface area (Å²) in [5.74, 6) is -2.11. The third-order valence-electron chi connectivity index (χ3n) is 6.84. The van der Waals surface area contributed by atoms with Crippen LogP contribution >= 0.6 is 11.6 Å². The van der Waals surface area contributed by atoms with E-state index in [-0.39, 0.29) is 36.2 Å². The number of nitrogens with zero attached hydrogens (tertiary/aromatic N) is 1. The van der Waals surface area contributed by atoms with E-state index in [1.54, 1.807) is 36.2 Å². The van der Waals surface area contributed by atoms with Gasteiger partial charge in [0.1, 0.15) is 6.04 Å². The highest BCUT2D eigenvalue weighted by atomic mass is 35.5. The van der Waals surface area contributed by atoms with Gasteiger partial charge in [0, 0.05) is 26.1 Å². The fourth-order valence-corrected chi connectivity index (χ4v) is 5.35. The first kappa shape index (κ1) is 25.2. The lowest BCUT2D eigenvalue weighted by molar-refractivity contribution is -0.140. The van der Waals surface area contributed by atoms with Crippen molar-refractivity contribution < 1.29 is 19.5 Å². The minimum Gasteiger partial charge on any atom is -0.396 e. The van der Waals surface area contributed by atoms with Gasteiger partial charge in [0.25, 0.3) is 0 Å². The Morgan fingerprint density at radius 1 is 1.09 bits per heavy atom. The second kappa shape index (κ2) is 11.7. The molecule has 0 saturated carbocycles. The summed E-state index contributed by atoms with van der Waals surface area (Å²) >= 11 is 6.25. The highest BCUT2D eigenvalue weighted by Crippen LogP contribution is 2.45. The topological polar surface area (TPSA) is 98.7 Å². The number of likely N-dealkylation sites (tertiary alicyclic amines) is 1. The van der Waals surface area contributed by atoms with E-state index in [1.165, 1.54) is 0 Å². The normalized spacial score (nSPS) is 26.2. The number of unbranched alkanes of at least 4 members (excludes halogenated alkanes) is 3. The van der Waals surface area contributed by atoms with Crippen LogP contribution < -0.4 is 10.6 Å². The molecule has 7 nitrogen and oxygen atoms in total. The summed E-state index contributed by atoms with van der Waals surface area (Å²) in [4.78, 5) is 41.6. The molecule has 1 heterocycles. The molecule has 0 spiro atoms. The maximum atomic E-state index is 13.7. The lowest BCUT2D eigenvalue weighted by Crippen LogP contribution is -2.45. The summed E-state index contributed by atoms with van der Waals surface area (Å²) in [5.41, 5.74) is 0.497. The molecule has 1 aromatic rings. The van der Waals surface area contributed by atoms with Gasteiger partial charge in [0.05, 0.1) is 22.5 Å². The molecule has 0 unspecified atom stereocenters. The smallest absolute Gasteiger partial charge is 0.247 e. The Balaban J connectivity index is 1.90. The molecule has 3 rings (SSSR count). The minimum atomic E-state index is -0.710. The largest absolute Gasteiger partial charge is 0.396 e. The molecule has 33 heavy (non-hydrogen) atoms. The Kier molecular flexibility index (Phi) is 8.92. The van der Waals surface area contributed by atoms with Gasteiger partial charge >= 0.3 is 0 Å². The van der Waals surface area contributed by atoms with Gasteiger partial charge in [-0.3, -0.25) is 14.4 Å². The molecule has 1 aromatic carbocycles. The van der Waals surface area contributed by atoms with E-state index in [1.807, 2.05) is 19.1 Å². The molecule has 0 bridgehead atoms. The van der Waals surface area contributed by atoms with Gasteiger partial charge in [-0.15, -0.1) is 0 Å². The van der Waals surface area contributed by atoms with Crippen LogP contribution in [0.15, 0.2) is 36.4 Å². The van der Waals surface area contributed by atoms with Crippen molar-refractivity contribution in [1.82, 2.24) is 10.2 Å². The van der Waals surface area contributed by atoms with Gasteiger partial charge < -0.3 is 20.6 Å². The van der Waals surface area contributed by atoms with Gasteiger partial charge in [-0.2, -0.15) is 0 Å². The van der Waals surface area contributed by atoms with Gasteiger partial charge in [-0.05, 0) is 37.3 Å². The number of fused-ring (bicyclic) bond motifs is 1. The number of benzene rings is 1. The summed E-state index contributed by atoms with van der Waals surface area (Å²) in [5, 5.41) is 15.1. The number of anilines is 1. The molecule has 8 heteroatoms. The van der Waals surface area contributed by atoms with E-state index >= 15 is 0 Å². The van der Waals surface area contributed by atoms with E-state index in [0.29, 0.717) is 17.3 Å². The second-order valence-corrected chi connectivity index (χ2v) is 9.19. The van der Waals surface area contributed by atoms with E-state index in [4.69, 9.17) is 16.7 Å². The number of aliphatic hydroxyl groups excluding tert-OH is 1. The Morgan fingerprint density at radius 3 is 2.48 bits per heavy atom. The lowest BCUT2D eigenvalue weighted by Gasteiger charge is -2.33. The maximum absolute atomic E-state index is 13.7. The summed E-state index contributed by atoms with van der Waals surface area (Å²) in [6, 6.07) is 6.29. The summed E-state index contributed by atoms with van der Waals surface area (Å²) in [6.07, 6.45) is 7.85. The number of amides is 3. The van der Waals surface area contributed by atoms with Gasteiger partial charge in [-0.1, -0.05) is 55.7 Å². The minimum absolute atomic E-state index is 0.0491. The van der Waals surface area contributed by atoms with E-state index < -0.39 is 17.9 Å². The molecule has 1 saturated heterocycles. The highest BCUT2D eigenvalue weighted by Gasteiger charge is 2.56. The van der Waals surface area contributed by atoms with Crippen LogP contribution in [0.1, 0.15) is 39.0 Å². The predicted octanol–water partition coefficient (Wildman–Crippen LogP) is 3.23. The van der Waals surface area contributed by atoms with Gasteiger partial charge in [0.2, 0.25) is 17.7 Å². The van der Waals surface area contributed by atoms with Crippen molar-refractivity contribution in [3.8, 4) is 0 Å². The van der Waals surface area contributed by atoms with Crippen molar-refractivity contribution in [1.29, 1.82) is 0 Å². The van der Waals surface area contributed by atoms with Crippen LogP contribution in [0, 0.1) is 23.7 Å². The summed E-state index contributed by atoms with van der Waals surface area (Å²) in [7, 11) is 1.59. The van der Waals surface area contributed by atoms with Crippen molar-refractivity contribution in [2.75, 3.05) is 25.5 Å². The number of halogens is 1. The van der Waals surface area contributed by atoms with E-state index in [9.17, 15) is 14.4 Å². The number of allylic oxidation sites excluding steroid dienone is 1. The molecule has 3 N–H and O–H groups in total. The zero-order valence-electron chi connectivity index (χ0n) is 19.3. The number of aliphatic hydroxyl groups is 1. The molecule has 1 fully saturated rings. The van der Waals surface area contributed by atoms with Crippen LogP contribution in [0.5, 0.6) is 0 Å². The van der Waals surface area contributed by atoms with Gasteiger partial charge in [0.15, 0.2) is 0 Å². The second-order valence-electron chi connectivity index (χ2n) is 8.78. The molecule has 0 radical (unpaired) electrons. The molecule has 5 atom stereocenters. The maximum Gasteiger partial charge on any atom is 0.247 e. The standard InChI is InChI=1S/C25H34ClN3O4/c1-3-16-12-13-17-21(20(16)23(31)27-2)25(33)29(14-8-4-5-9-15-30)22(17)24(32)28-19-11-7-6-10-18(19)26/h6-7,10-13,16-17,20-22,30H,3-5,8-9,14-15H2,1-2H3,(H,27,31)(H,28,32)/t16-,17+,20-,21-,22+/m1/s1. The Morgan fingerprint density at radius 2 is 1.82 bits per heavy atom. The Bertz CT molecular complexity index is 890. The highest BCUT2D eigenvalue weighted by molar-refractivity contribution is 6.33. The lowest BCUT2D eigenvalue weighted by atomic mass is 9.69. The van der Waals surface area contributed by atoms with Crippen LogP contribution in [0.25, 0.3) is 0 Å². The number of carbonyl (C=O) groups excluding carboxylic acids is 3. The fourth-order valence-electron chi connectivity index (χ4n) is 5.17. The van der Waals surface area contributed by atoms with Crippen molar-refractivity contribution in [3.05, 3.63) is 41.4 Å². The third kappa shape index (κ3) is 5.41. The first-order valence-corrected chi connectivity index (χ1v) is 12.2. The zero-order chi connectivity index (χ0) is 24.0. The molecule has 0 aromatic heterocycles. The number of hydrogen-bond acceptors (Lipinski definition) is 4. The number of carbonyl (C=O) groups is 3. The van der Waals surface area contributed by atoms with Crippen molar-refractivity contribution >= 4 is 35.0 Å². The molecule has 3 amide bonds. The van der Waals surface area contributed by atoms with E-state index in [0.717, 1.165) is 32.1 Å². The molecule has 2 aliphatic rings. The zero-order valence-corrected chi connectivity index (χ0v) is 20.1. The number of nitrogens with one attached hydrogen (secondary N) is 2. The first-order valence-electron chi connectivity index (χ1n) is 11.8. The number of hydrogen-bond donors (Lipinski definition) is 3. The van der Waals surface area contributed by atoms with Crippen LogP contribution in [0.2, 0.25) is 5.02 Å². The number of rotatable bonds is 10. The summed E-state index contributed by atoms with van der Waals surface area (Å²) in [6.45, 7) is 2.58. The quantitative estimate of drug-likeness (QED) is 0.357. The predicted molar refractivity (Wildman–Crippen MR) is 129 cm³/mol. The fraction of sp³-hybridized carbons (Fsp3) is 0.560. The Labute approximate surface area is 200 Å². The van der Waals surface area contributed by atoms with Crippen LogP contribution in [0.4, 0.5) is 5.69 Å².